The number of hydrogen-bond acceptors (Lipinski definition) is 3. The molecule has 21 heavy (non-hydrogen) atoms. The minimum atomic E-state index is -0.641. The Kier molecular flexibility index (Phi) is 2.33. The lowest BCUT2D eigenvalue weighted by Crippen LogP contribution is -2.39. The second-order valence-corrected chi connectivity index (χ2v) is 6.51. The minimum Gasteiger partial charge on any atom is -0.359 e. The molecule has 1 aromatic rings. The zero-order chi connectivity index (χ0) is 14.8. The van der Waals surface area contributed by atoms with Gasteiger partial charge in [-0.05, 0) is 19.4 Å². The molecule has 3 aliphatic rings. The molecule has 2 bridgehead atoms. The van der Waals surface area contributed by atoms with Crippen molar-refractivity contribution in [1.82, 2.24) is 4.90 Å². The van der Waals surface area contributed by atoms with Crippen molar-refractivity contribution in [2.45, 2.75) is 31.6 Å². The number of carbonyl (C=O) groups excluding carboxylic acids is 2. The van der Waals surface area contributed by atoms with Gasteiger partial charge in [-0.1, -0.05) is 42.5 Å². The van der Waals surface area contributed by atoms with Crippen LogP contribution in [0.15, 0.2) is 42.5 Å². The smallest absolute Gasteiger partial charge is 0.236 e. The van der Waals surface area contributed by atoms with E-state index in [0.29, 0.717) is 6.54 Å². The normalized spacial score (nSPS) is 40.2. The first kappa shape index (κ1) is 12.8. The summed E-state index contributed by atoms with van der Waals surface area (Å²) in [5, 5.41) is 0. The molecular weight excluding hydrogens is 266 g/mol. The molecule has 0 aromatic heterocycles. The maximum Gasteiger partial charge on any atom is 0.236 e. The van der Waals surface area contributed by atoms with E-state index >= 15 is 0 Å². The highest BCUT2D eigenvalue weighted by Crippen LogP contribution is 2.57. The summed E-state index contributed by atoms with van der Waals surface area (Å²) in [6.45, 7) is 4.14. The van der Waals surface area contributed by atoms with E-state index in [1.165, 1.54) is 4.90 Å². The predicted octanol–water partition coefficient (Wildman–Crippen LogP) is 1.91. The van der Waals surface area contributed by atoms with Gasteiger partial charge in [-0.2, -0.15) is 0 Å². The van der Waals surface area contributed by atoms with Gasteiger partial charge in [-0.3, -0.25) is 14.5 Å². The average Bonchev–Trinajstić information content (AvgIpc) is 2.99. The van der Waals surface area contributed by atoms with Gasteiger partial charge in [-0.15, -0.1) is 0 Å². The van der Waals surface area contributed by atoms with Crippen LogP contribution in [0.2, 0.25) is 0 Å². The van der Waals surface area contributed by atoms with Gasteiger partial charge in [0.15, 0.2) is 0 Å². The van der Waals surface area contributed by atoms with E-state index in [2.05, 4.69) is 0 Å². The molecule has 0 radical (unpaired) electrons. The molecule has 2 fully saturated rings. The monoisotopic (exact) mass is 283 g/mol. The lowest BCUT2D eigenvalue weighted by molar-refractivity contribution is -0.146. The molecule has 4 atom stereocenters. The number of benzene rings is 1. The van der Waals surface area contributed by atoms with Gasteiger partial charge in [-0.25, -0.2) is 0 Å². The van der Waals surface area contributed by atoms with Crippen LogP contribution < -0.4 is 0 Å². The largest absolute Gasteiger partial charge is 0.359 e. The van der Waals surface area contributed by atoms with Gasteiger partial charge in [0.05, 0.1) is 29.6 Å². The Morgan fingerprint density at radius 3 is 2.05 bits per heavy atom. The summed E-state index contributed by atoms with van der Waals surface area (Å²) in [6, 6.07) is 9.62. The van der Waals surface area contributed by atoms with Crippen LogP contribution >= 0.6 is 0 Å². The molecule has 0 N–H and O–H groups in total. The fourth-order valence-electron chi connectivity index (χ4n) is 4.01. The fraction of sp³-hybridized carbons (Fsp3) is 0.412. The number of ether oxygens (including phenoxy) is 1. The van der Waals surface area contributed by atoms with Gasteiger partial charge in [0, 0.05) is 0 Å². The average molecular weight is 283 g/mol. The Balaban J connectivity index is 1.69. The van der Waals surface area contributed by atoms with Crippen molar-refractivity contribution < 1.29 is 14.3 Å². The van der Waals surface area contributed by atoms with Crippen LogP contribution in [0.4, 0.5) is 0 Å². The van der Waals surface area contributed by atoms with Crippen LogP contribution in [-0.2, 0) is 20.9 Å². The second kappa shape index (κ2) is 3.83. The number of hydrogen-bond donors (Lipinski definition) is 0. The predicted molar refractivity (Wildman–Crippen MR) is 76.0 cm³/mol. The second-order valence-electron chi connectivity index (χ2n) is 6.51. The molecule has 0 aliphatic carbocycles. The van der Waals surface area contributed by atoms with Crippen molar-refractivity contribution in [2.24, 2.45) is 11.8 Å². The van der Waals surface area contributed by atoms with Crippen LogP contribution in [-0.4, -0.2) is 27.9 Å². The molecule has 3 aliphatic heterocycles. The number of nitrogens with zero attached hydrogens (tertiary/aromatic N) is 1. The van der Waals surface area contributed by atoms with Crippen LogP contribution in [0.3, 0.4) is 0 Å². The highest BCUT2D eigenvalue weighted by atomic mass is 16.5. The first-order valence-corrected chi connectivity index (χ1v) is 7.24. The van der Waals surface area contributed by atoms with E-state index in [1.807, 2.05) is 56.3 Å². The zero-order valence-corrected chi connectivity index (χ0v) is 12.1. The number of imide groups is 1. The third-order valence-electron chi connectivity index (χ3n) is 5.00. The Bertz CT molecular complexity index is 632. The molecule has 1 aromatic carbocycles. The molecule has 0 spiro atoms. The number of amides is 2. The summed E-state index contributed by atoms with van der Waals surface area (Å²) in [6.07, 6.45) is 3.87. The van der Waals surface area contributed by atoms with Crippen LogP contribution in [0.5, 0.6) is 0 Å². The Labute approximate surface area is 123 Å². The molecule has 4 rings (SSSR count). The van der Waals surface area contributed by atoms with Crippen LogP contribution in [0.1, 0.15) is 19.4 Å². The van der Waals surface area contributed by atoms with Gasteiger partial charge < -0.3 is 4.74 Å². The summed E-state index contributed by atoms with van der Waals surface area (Å²) in [5.74, 6) is -0.985. The molecule has 4 nitrogen and oxygen atoms in total. The first-order chi connectivity index (χ1) is 9.95. The lowest BCUT2D eigenvalue weighted by atomic mass is 9.73. The lowest BCUT2D eigenvalue weighted by Gasteiger charge is -2.25. The van der Waals surface area contributed by atoms with E-state index in [9.17, 15) is 9.59 Å². The van der Waals surface area contributed by atoms with Gasteiger partial charge in [0.1, 0.15) is 0 Å². The highest BCUT2D eigenvalue weighted by Gasteiger charge is 2.70. The van der Waals surface area contributed by atoms with Crippen molar-refractivity contribution >= 4 is 11.8 Å². The maximum absolute atomic E-state index is 12.7. The summed E-state index contributed by atoms with van der Waals surface area (Å²) in [7, 11) is 0. The molecule has 2 amide bonds. The van der Waals surface area contributed by atoms with E-state index in [4.69, 9.17) is 4.74 Å². The summed E-state index contributed by atoms with van der Waals surface area (Å²) < 4.78 is 5.97. The molecule has 0 saturated carbocycles. The Hall–Kier alpha value is -1.94. The van der Waals surface area contributed by atoms with Gasteiger partial charge in [0.25, 0.3) is 0 Å². The molecule has 108 valence electrons. The first-order valence-electron chi connectivity index (χ1n) is 7.24. The minimum absolute atomic E-state index is 0.107. The van der Waals surface area contributed by atoms with Gasteiger partial charge in [0.2, 0.25) is 11.8 Å². The van der Waals surface area contributed by atoms with Crippen molar-refractivity contribution in [1.29, 1.82) is 0 Å². The van der Waals surface area contributed by atoms with E-state index in [-0.39, 0.29) is 23.7 Å². The molecular formula is C17H17NO3. The van der Waals surface area contributed by atoms with Crippen LogP contribution in [0.25, 0.3) is 0 Å². The van der Waals surface area contributed by atoms with Crippen molar-refractivity contribution in [3.05, 3.63) is 48.0 Å². The number of carbonyl (C=O) groups is 2. The van der Waals surface area contributed by atoms with E-state index in [0.717, 1.165) is 5.56 Å². The Morgan fingerprint density at radius 2 is 1.52 bits per heavy atom. The van der Waals surface area contributed by atoms with Crippen molar-refractivity contribution in [2.75, 3.05) is 0 Å². The number of fused-ring (bicyclic) bond motifs is 5. The summed E-state index contributed by atoms with van der Waals surface area (Å²) in [4.78, 5) is 26.9. The molecule has 2 saturated heterocycles. The fourth-order valence-corrected chi connectivity index (χ4v) is 4.01. The third kappa shape index (κ3) is 1.54. The highest BCUT2D eigenvalue weighted by molar-refractivity contribution is 6.07. The Morgan fingerprint density at radius 1 is 1.00 bits per heavy atom. The quantitative estimate of drug-likeness (QED) is 0.615. The van der Waals surface area contributed by atoms with Crippen molar-refractivity contribution in [3.63, 3.8) is 0 Å². The standard InChI is InChI=1S/C17H17NO3/c1-16-8-9-17(2,21-16)13-12(16)14(19)18(15(13)20)10-11-6-4-3-5-7-11/h3-9,12-13H,10H2,1-2H3/t12-,13-,16-,17+/m0/s1. The SMILES string of the molecule is C[C@]12C=C[C@](C)(O1)[C@@H]1C(=O)N(Cc3ccccc3)C(=O)[C@H]12. The summed E-state index contributed by atoms with van der Waals surface area (Å²) in [5.41, 5.74) is -0.314. The molecule has 0 unspecified atom stereocenters. The zero-order valence-electron chi connectivity index (χ0n) is 12.1. The van der Waals surface area contributed by atoms with Crippen molar-refractivity contribution in [3.8, 4) is 0 Å². The summed E-state index contributed by atoms with van der Waals surface area (Å²) >= 11 is 0. The maximum atomic E-state index is 12.7. The molecule has 4 heteroatoms. The number of likely N-dealkylation sites (tertiary alicyclic amines) is 1. The number of rotatable bonds is 2. The van der Waals surface area contributed by atoms with E-state index in [1.54, 1.807) is 0 Å². The van der Waals surface area contributed by atoms with Crippen LogP contribution in [0, 0.1) is 11.8 Å². The third-order valence-corrected chi connectivity index (χ3v) is 5.00. The topological polar surface area (TPSA) is 46.6 Å². The van der Waals surface area contributed by atoms with E-state index < -0.39 is 11.2 Å². The van der Waals surface area contributed by atoms with Gasteiger partial charge >= 0.3 is 0 Å². The molecule has 3 heterocycles.